The highest BCUT2D eigenvalue weighted by Gasteiger charge is 2.42. The molecule has 4 rings (SSSR count). The molecule has 9 heteroatoms. The molecule has 0 spiro atoms. The fourth-order valence-electron chi connectivity index (χ4n) is 3.79. The van der Waals surface area contributed by atoms with E-state index in [1.54, 1.807) is 17.5 Å². The van der Waals surface area contributed by atoms with Gasteiger partial charge in [0, 0.05) is 11.3 Å². The molecule has 4 nitrogen and oxygen atoms in total. The summed E-state index contributed by atoms with van der Waals surface area (Å²) in [5.74, 6) is -1.05. The van der Waals surface area contributed by atoms with Crippen LogP contribution in [0.2, 0.25) is 0 Å². The summed E-state index contributed by atoms with van der Waals surface area (Å²) in [6.07, 6.45) is -0.592. The molecule has 1 N–H and O–H groups in total. The first kappa shape index (κ1) is 19.7. The van der Waals surface area contributed by atoms with E-state index >= 15 is 0 Å². The van der Waals surface area contributed by atoms with Gasteiger partial charge in [-0.2, -0.15) is 13.2 Å². The highest BCUT2D eigenvalue weighted by atomic mass is 32.2. The molecular formula is C19H21F3N2O2S2. The van der Waals surface area contributed by atoms with Crippen molar-refractivity contribution in [1.82, 2.24) is 4.98 Å². The largest absolute Gasteiger partial charge is 0.391 e. The lowest BCUT2D eigenvalue weighted by atomic mass is 9.80. The van der Waals surface area contributed by atoms with Crippen LogP contribution < -0.4 is 4.72 Å². The van der Waals surface area contributed by atoms with Crippen LogP contribution in [-0.4, -0.2) is 19.6 Å². The number of hydrogen-bond acceptors (Lipinski definition) is 4. The van der Waals surface area contributed by atoms with E-state index in [9.17, 15) is 21.6 Å². The Labute approximate surface area is 166 Å². The maximum atomic E-state index is 13.0. The number of aromatic nitrogens is 1. The van der Waals surface area contributed by atoms with Crippen LogP contribution in [-0.2, 0) is 10.0 Å². The number of anilines is 1. The Kier molecular flexibility index (Phi) is 5.16. The minimum Gasteiger partial charge on any atom is -0.255 e. The second-order valence-corrected chi connectivity index (χ2v) is 10.2. The van der Waals surface area contributed by atoms with Crippen LogP contribution in [0.15, 0.2) is 34.5 Å². The average Bonchev–Trinajstić information content (AvgIpc) is 3.41. The van der Waals surface area contributed by atoms with Gasteiger partial charge in [0.25, 0.3) is 10.0 Å². The van der Waals surface area contributed by atoms with Gasteiger partial charge in [-0.05, 0) is 55.7 Å². The van der Waals surface area contributed by atoms with E-state index in [4.69, 9.17) is 0 Å². The summed E-state index contributed by atoms with van der Waals surface area (Å²) in [5.41, 5.74) is 1.69. The number of rotatable bonds is 5. The van der Waals surface area contributed by atoms with Crippen molar-refractivity contribution in [3.8, 4) is 0 Å². The molecule has 1 heterocycles. The van der Waals surface area contributed by atoms with Gasteiger partial charge in [0.05, 0.1) is 16.5 Å². The lowest BCUT2D eigenvalue weighted by Crippen LogP contribution is -2.28. The SMILES string of the molecule is O=S(=O)(Nc1nc(C2CCCC(C(F)(F)F)C2)cs1)c1ccc(C2CC2)cc1. The lowest BCUT2D eigenvalue weighted by Gasteiger charge is -2.29. The van der Waals surface area contributed by atoms with Gasteiger partial charge < -0.3 is 0 Å². The first-order valence-corrected chi connectivity index (χ1v) is 11.7. The minimum atomic E-state index is -4.19. The summed E-state index contributed by atoms with van der Waals surface area (Å²) >= 11 is 1.11. The molecule has 0 bridgehead atoms. The highest BCUT2D eigenvalue weighted by molar-refractivity contribution is 7.93. The van der Waals surface area contributed by atoms with Gasteiger partial charge >= 0.3 is 6.18 Å². The third-order valence-corrected chi connectivity index (χ3v) is 7.80. The van der Waals surface area contributed by atoms with E-state index in [0.717, 1.165) is 29.7 Å². The molecule has 2 aliphatic carbocycles. The van der Waals surface area contributed by atoms with Crippen molar-refractivity contribution in [2.45, 2.75) is 61.4 Å². The molecule has 1 aromatic heterocycles. The number of nitrogens with one attached hydrogen (secondary N) is 1. The van der Waals surface area contributed by atoms with E-state index < -0.39 is 22.1 Å². The molecule has 2 atom stereocenters. The Balaban J connectivity index is 1.45. The molecule has 0 amide bonds. The quantitative estimate of drug-likeness (QED) is 0.666. The number of thiazole rings is 1. The third kappa shape index (κ3) is 4.35. The molecule has 152 valence electrons. The summed E-state index contributed by atoms with van der Waals surface area (Å²) in [6, 6.07) is 6.83. The first-order chi connectivity index (χ1) is 13.2. The summed E-state index contributed by atoms with van der Waals surface area (Å²) in [4.78, 5) is 4.43. The van der Waals surface area contributed by atoms with Gasteiger partial charge in [0.1, 0.15) is 0 Å². The Bertz CT molecular complexity index is 935. The Hall–Kier alpha value is -1.61. The second-order valence-electron chi connectivity index (χ2n) is 7.63. The van der Waals surface area contributed by atoms with Crippen LogP contribution in [0.4, 0.5) is 18.3 Å². The Morgan fingerprint density at radius 2 is 1.75 bits per heavy atom. The van der Waals surface area contributed by atoms with Crippen molar-refractivity contribution in [1.29, 1.82) is 0 Å². The second kappa shape index (κ2) is 7.33. The third-order valence-electron chi connectivity index (χ3n) is 5.54. The monoisotopic (exact) mass is 430 g/mol. The first-order valence-electron chi connectivity index (χ1n) is 9.37. The normalized spacial score (nSPS) is 23.5. The zero-order valence-corrected chi connectivity index (χ0v) is 16.7. The fourth-order valence-corrected chi connectivity index (χ4v) is 5.83. The van der Waals surface area contributed by atoms with Crippen molar-refractivity contribution in [2.24, 2.45) is 5.92 Å². The molecule has 2 saturated carbocycles. The molecule has 28 heavy (non-hydrogen) atoms. The van der Waals surface area contributed by atoms with Crippen molar-refractivity contribution in [3.63, 3.8) is 0 Å². The molecule has 0 saturated heterocycles. The fraction of sp³-hybridized carbons (Fsp3) is 0.526. The van der Waals surface area contributed by atoms with Crippen LogP contribution >= 0.6 is 11.3 Å². The minimum absolute atomic E-state index is 0.0159. The van der Waals surface area contributed by atoms with Crippen LogP contribution in [0.25, 0.3) is 0 Å². The molecule has 0 aliphatic heterocycles. The molecule has 2 aromatic rings. The van der Waals surface area contributed by atoms with Gasteiger partial charge in [-0.25, -0.2) is 13.4 Å². The molecular weight excluding hydrogens is 409 g/mol. The standard InChI is InChI=1S/C19H21F3N2O2S2/c20-19(21,22)15-3-1-2-14(10-15)17-11-27-18(23-17)24-28(25,26)16-8-6-13(7-9-16)12-4-5-12/h6-9,11-12,14-15H,1-5,10H2,(H,23,24). The number of sulfonamides is 1. The number of benzene rings is 1. The zero-order valence-electron chi connectivity index (χ0n) is 15.1. The molecule has 0 radical (unpaired) electrons. The summed E-state index contributed by atoms with van der Waals surface area (Å²) in [5, 5.41) is 1.85. The van der Waals surface area contributed by atoms with Crippen LogP contribution in [0.5, 0.6) is 0 Å². The van der Waals surface area contributed by atoms with Crippen molar-refractivity contribution in [3.05, 3.63) is 40.9 Å². The zero-order chi connectivity index (χ0) is 19.9. The number of alkyl halides is 3. The summed E-state index contributed by atoms with van der Waals surface area (Å²) in [6.45, 7) is 0. The molecule has 2 fully saturated rings. The van der Waals surface area contributed by atoms with Crippen molar-refractivity contribution >= 4 is 26.5 Å². The predicted octanol–water partition coefficient (Wildman–Crippen LogP) is 5.66. The van der Waals surface area contributed by atoms with E-state index in [0.29, 0.717) is 24.5 Å². The number of halogens is 3. The Morgan fingerprint density at radius 3 is 2.39 bits per heavy atom. The maximum Gasteiger partial charge on any atom is 0.391 e. The topological polar surface area (TPSA) is 59.1 Å². The smallest absolute Gasteiger partial charge is 0.255 e. The van der Waals surface area contributed by atoms with Crippen molar-refractivity contribution < 1.29 is 21.6 Å². The van der Waals surface area contributed by atoms with Gasteiger partial charge in [0.2, 0.25) is 0 Å². The van der Waals surface area contributed by atoms with Gasteiger partial charge in [0.15, 0.2) is 5.13 Å². The van der Waals surface area contributed by atoms with E-state index in [1.807, 2.05) is 12.1 Å². The van der Waals surface area contributed by atoms with Crippen molar-refractivity contribution in [2.75, 3.05) is 4.72 Å². The van der Waals surface area contributed by atoms with E-state index in [1.165, 1.54) is 0 Å². The van der Waals surface area contributed by atoms with Crippen LogP contribution in [0.1, 0.15) is 61.6 Å². The summed E-state index contributed by atoms with van der Waals surface area (Å²) in [7, 11) is -3.77. The highest BCUT2D eigenvalue weighted by Crippen LogP contribution is 2.44. The van der Waals surface area contributed by atoms with Gasteiger partial charge in [-0.15, -0.1) is 11.3 Å². The van der Waals surface area contributed by atoms with Gasteiger partial charge in [-0.1, -0.05) is 18.6 Å². The van der Waals surface area contributed by atoms with E-state index in [2.05, 4.69) is 9.71 Å². The maximum absolute atomic E-state index is 13.0. The van der Waals surface area contributed by atoms with Crippen LogP contribution in [0.3, 0.4) is 0 Å². The number of nitrogens with zero attached hydrogens (tertiary/aromatic N) is 1. The molecule has 1 aromatic carbocycles. The van der Waals surface area contributed by atoms with Gasteiger partial charge in [-0.3, -0.25) is 4.72 Å². The molecule has 2 aliphatic rings. The summed E-state index contributed by atoms with van der Waals surface area (Å²) < 4.78 is 66.7. The lowest BCUT2D eigenvalue weighted by molar-refractivity contribution is -0.183. The predicted molar refractivity (Wildman–Crippen MR) is 102 cm³/mol. The number of hydrogen-bond donors (Lipinski definition) is 1. The van der Waals surface area contributed by atoms with E-state index in [-0.39, 0.29) is 28.8 Å². The molecule has 2 unspecified atom stereocenters. The Morgan fingerprint density at radius 1 is 1.04 bits per heavy atom. The average molecular weight is 431 g/mol. The van der Waals surface area contributed by atoms with Crippen LogP contribution in [0, 0.1) is 5.92 Å².